The Morgan fingerprint density at radius 1 is 1.20 bits per heavy atom. The number of anilines is 2. The summed E-state index contributed by atoms with van der Waals surface area (Å²) in [6, 6.07) is 16.0. The minimum absolute atomic E-state index is 0.0851. The van der Waals surface area contributed by atoms with E-state index in [1.54, 1.807) is 0 Å². The van der Waals surface area contributed by atoms with Crippen LogP contribution in [0.2, 0.25) is 0 Å². The molecule has 4 rings (SSSR count). The van der Waals surface area contributed by atoms with Gasteiger partial charge in [-0.3, -0.25) is 10.2 Å². The summed E-state index contributed by atoms with van der Waals surface area (Å²) in [6.07, 6.45) is 1.87. The zero-order valence-corrected chi connectivity index (χ0v) is 18.0. The Bertz CT molecular complexity index is 1220. The van der Waals surface area contributed by atoms with Crippen LogP contribution in [-0.2, 0) is 11.3 Å². The number of hydrazone groups is 1. The van der Waals surface area contributed by atoms with Crippen molar-refractivity contribution in [2.75, 3.05) is 10.7 Å². The van der Waals surface area contributed by atoms with Crippen LogP contribution in [0.4, 0.5) is 10.8 Å². The molecule has 0 bridgehead atoms. The van der Waals surface area contributed by atoms with Gasteiger partial charge in [0.2, 0.25) is 11.0 Å². The molecule has 30 heavy (non-hydrogen) atoms. The van der Waals surface area contributed by atoms with E-state index in [1.807, 2.05) is 35.9 Å². The molecule has 0 unspecified atom stereocenters. The Labute approximate surface area is 179 Å². The van der Waals surface area contributed by atoms with Crippen LogP contribution in [0.15, 0.2) is 59.0 Å². The Morgan fingerprint density at radius 3 is 2.70 bits per heavy atom. The number of nitrogens with one attached hydrogen (secondary N) is 2. The monoisotopic (exact) mass is 417 g/mol. The van der Waals surface area contributed by atoms with Crippen molar-refractivity contribution in [2.45, 2.75) is 27.3 Å². The Balaban J connectivity index is 1.50. The Hall–Kier alpha value is -3.45. The first-order valence-electron chi connectivity index (χ1n) is 9.77. The number of carbonyl (C=O) groups is 1. The van der Waals surface area contributed by atoms with Crippen molar-refractivity contribution in [2.24, 2.45) is 5.10 Å². The lowest BCUT2D eigenvalue weighted by atomic mass is 10.1. The molecular formula is C23H23N5OS. The number of rotatable bonds is 6. The molecule has 2 N–H and O–H groups in total. The van der Waals surface area contributed by atoms with E-state index in [9.17, 15) is 4.79 Å². The van der Waals surface area contributed by atoms with Crippen molar-refractivity contribution < 1.29 is 4.79 Å². The van der Waals surface area contributed by atoms with E-state index in [0.29, 0.717) is 0 Å². The van der Waals surface area contributed by atoms with E-state index in [2.05, 4.69) is 63.5 Å². The summed E-state index contributed by atoms with van der Waals surface area (Å²) >= 11 is 1.50. The van der Waals surface area contributed by atoms with Crippen molar-refractivity contribution in [3.8, 4) is 11.3 Å². The lowest BCUT2D eigenvalue weighted by Crippen LogP contribution is -2.05. The highest BCUT2D eigenvalue weighted by atomic mass is 32.1. The maximum atomic E-state index is 11.1. The molecule has 0 saturated carbocycles. The van der Waals surface area contributed by atoms with Gasteiger partial charge in [-0.25, -0.2) is 4.98 Å². The predicted molar refractivity (Wildman–Crippen MR) is 125 cm³/mol. The van der Waals surface area contributed by atoms with Crippen molar-refractivity contribution in [1.29, 1.82) is 0 Å². The smallest absolute Gasteiger partial charge is 0.221 e. The van der Waals surface area contributed by atoms with E-state index in [1.165, 1.54) is 34.9 Å². The van der Waals surface area contributed by atoms with Crippen LogP contribution in [-0.4, -0.2) is 21.7 Å². The number of benzene rings is 2. The quantitative estimate of drug-likeness (QED) is 0.321. The first-order valence-corrected chi connectivity index (χ1v) is 10.6. The van der Waals surface area contributed by atoms with Crippen molar-refractivity contribution in [1.82, 2.24) is 9.55 Å². The summed E-state index contributed by atoms with van der Waals surface area (Å²) in [5, 5.41) is 11.1. The van der Waals surface area contributed by atoms with E-state index in [4.69, 9.17) is 0 Å². The van der Waals surface area contributed by atoms with Gasteiger partial charge in [0.25, 0.3) is 0 Å². The molecule has 7 heteroatoms. The third-order valence-corrected chi connectivity index (χ3v) is 5.70. The highest BCUT2D eigenvalue weighted by Crippen LogP contribution is 2.27. The van der Waals surface area contributed by atoms with Gasteiger partial charge in [-0.2, -0.15) is 5.10 Å². The molecule has 0 aliphatic rings. The van der Waals surface area contributed by atoms with Gasteiger partial charge in [0.1, 0.15) is 0 Å². The average molecular weight is 418 g/mol. The average Bonchev–Trinajstić information content (AvgIpc) is 3.31. The molecule has 2 heterocycles. The van der Waals surface area contributed by atoms with Gasteiger partial charge in [0.15, 0.2) is 0 Å². The molecule has 0 saturated heterocycles. The maximum Gasteiger partial charge on any atom is 0.221 e. The molecule has 4 aromatic rings. The summed E-state index contributed by atoms with van der Waals surface area (Å²) in [4.78, 5) is 15.8. The topological polar surface area (TPSA) is 71.3 Å². The van der Waals surface area contributed by atoms with Crippen LogP contribution in [0.1, 0.15) is 25.1 Å². The molecule has 0 aliphatic heterocycles. The van der Waals surface area contributed by atoms with Gasteiger partial charge in [-0.05, 0) is 32.0 Å². The van der Waals surface area contributed by atoms with Crippen molar-refractivity contribution >= 4 is 45.2 Å². The van der Waals surface area contributed by atoms with Gasteiger partial charge in [0, 0.05) is 52.3 Å². The van der Waals surface area contributed by atoms with Crippen molar-refractivity contribution in [3.63, 3.8) is 0 Å². The Morgan fingerprint density at radius 2 is 1.97 bits per heavy atom. The minimum Gasteiger partial charge on any atom is -0.344 e. The lowest BCUT2D eigenvalue weighted by molar-refractivity contribution is -0.114. The lowest BCUT2D eigenvalue weighted by Gasteiger charge is -2.03. The zero-order valence-electron chi connectivity index (χ0n) is 17.1. The zero-order chi connectivity index (χ0) is 21.1. The number of hydrogen-bond acceptors (Lipinski definition) is 5. The fraction of sp³-hybridized carbons (Fsp3) is 0.174. The number of hydrogen-bond donors (Lipinski definition) is 2. The van der Waals surface area contributed by atoms with Crippen LogP contribution in [0, 0.1) is 6.92 Å². The van der Waals surface area contributed by atoms with Crippen LogP contribution >= 0.6 is 11.3 Å². The molecule has 1 amide bonds. The van der Waals surface area contributed by atoms with Gasteiger partial charge >= 0.3 is 0 Å². The molecule has 152 valence electrons. The number of amides is 1. The van der Waals surface area contributed by atoms with Crippen LogP contribution < -0.4 is 10.7 Å². The van der Waals surface area contributed by atoms with Crippen molar-refractivity contribution in [3.05, 3.63) is 65.2 Å². The summed E-state index contributed by atoms with van der Waals surface area (Å²) in [5.74, 6) is -0.0851. The largest absolute Gasteiger partial charge is 0.344 e. The van der Waals surface area contributed by atoms with Crippen LogP contribution in [0.3, 0.4) is 0 Å². The number of thiazole rings is 1. The molecule has 2 aromatic heterocycles. The third kappa shape index (κ3) is 3.97. The fourth-order valence-electron chi connectivity index (χ4n) is 3.57. The first kappa shape index (κ1) is 19.8. The van der Waals surface area contributed by atoms with Gasteiger partial charge in [0.05, 0.1) is 11.9 Å². The molecular weight excluding hydrogens is 394 g/mol. The molecule has 0 aliphatic carbocycles. The Kier molecular flexibility index (Phi) is 5.63. The second kappa shape index (κ2) is 8.51. The summed E-state index contributed by atoms with van der Waals surface area (Å²) in [6.45, 7) is 6.69. The fourth-order valence-corrected chi connectivity index (χ4v) is 4.23. The number of fused-ring (bicyclic) bond motifs is 1. The van der Waals surface area contributed by atoms with Gasteiger partial charge in [-0.1, -0.05) is 30.3 Å². The van der Waals surface area contributed by atoms with E-state index < -0.39 is 0 Å². The first-order chi connectivity index (χ1) is 14.6. The molecule has 6 nitrogen and oxygen atoms in total. The van der Waals surface area contributed by atoms with Gasteiger partial charge in [-0.15, -0.1) is 11.3 Å². The number of aromatic nitrogens is 2. The van der Waals surface area contributed by atoms with E-state index in [-0.39, 0.29) is 5.91 Å². The summed E-state index contributed by atoms with van der Waals surface area (Å²) < 4.78 is 2.29. The van der Waals surface area contributed by atoms with Crippen LogP contribution in [0.25, 0.3) is 22.2 Å². The molecule has 0 atom stereocenters. The molecule has 0 radical (unpaired) electrons. The molecule has 0 fully saturated rings. The highest BCUT2D eigenvalue weighted by Gasteiger charge is 2.11. The van der Waals surface area contributed by atoms with Gasteiger partial charge < -0.3 is 9.88 Å². The van der Waals surface area contributed by atoms with Crippen LogP contribution in [0.5, 0.6) is 0 Å². The molecule has 2 aromatic carbocycles. The number of para-hydroxylation sites is 1. The third-order valence-electron chi connectivity index (χ3n) is 4.95. The standard InChI is InChI=1S/C23H23N5OS/c1-4-28-15(2)20(19-7-5-6-8-22(19)28)13-24-27-23-26-21(14-30-23)17-9-11-18(12-10-17)25-16(3)29/h5-14H,4H2,1-3H3,(H,25,29)(H,26,27)/b24-13-. The SMILES string of the molecule is CCn1c(C)c(/C=N\Nc2nc(-c3ccc(NC(C)=O)cc3)cs2)c2ccccc21. The maximum absolute atomic E-state index is 11.1. The minimum atomic E-state index is -0.0851. The number of aryl methyl sites for hydroxylation is 1. The second-order valence-electron chi connectivity index (χ2n) is 6.93. The normalized spacial score (nSPS) is 11.3. The predicted octanol–water partition coefficient (Wildman–Crippen LogP) is 5.50. The number of carbonyl (C=O) groups excluding carboxylic acids is 1. The van der Waals surface area contributed by atoms with E-state index >= 15 is 0 Å². The number of nitrogens with zero attached hydrogens (tertiary/aromatic N) is 3. The summed E-state index contributed by atoms with van der Waals surface area (Å²) in [5.41, 5.74) is 9.21. The molecule has 0 spiro atoms. The second-order valence-corrected chi connectivity index (χ2v) is 7.79. The van der Waals surface area contributed by atoms with E-state index in [0.717, 1.165) is 34.2 Å². The highest BCUT2D eigenvalue weighted by molar-refractivity contribution is 7.14. The summed E-state index contributed by atoms with van der Waals surface area (Å²) in [7, 11) is 0.